The van der Waals surface area contributed by atoms with Crippen LogP contribution < -0.4 is 45.5 Å². The molecule has 1 amide bonds. The number of aliphatic hydroxyl groups is 16. The second-order valence-electron chi connectivity index (χ2n) is 28.5. The van der Waals surface area contributed by atoms with E-state index in [1.807, 2.05) is 0 Å². The Morgan fingerprint density at radius 1 is 0.425 bits per heavy atom. The normalized spacial score (nSPS) is 28.5. The molecule has 4 aliphatic heterocycles. The second kappa shape index (κ2) is 45.2. The van der Waals surface area contributed by atoms with Crippen LogP contribution in [0.25, 0.3) is 0 Å². The third-order valence-electron chi connectivity index (χ3n) is 19.8. The molecule has 22 unspecified atom stereocenters. The Labute approximate surface area is 674 Å². The van der Waals surface area contributed by atoms with E-state index in [-0.39, 0.29) is 72.3 Å². The molecule has 37 heteroatoms. The first-order valence-electron chi connectivity index (χ1n) is 37.4. The number of hydrogen-bond acceptors (Lipinski definition) is 31. The van der Waals surface area contributed by atoms with Crippen LogP contribution in [0.15, 0.2) is 97.1 Å². The fraction of sp³-hybridized carbons (Fsp3) is 0.592. The molecule has 33 nitrogen and oxygen atoms in total. The van der Waals surface area contributed by atoms with Gasteiger partial charge in [0.25, 0.3) is 0 Å². The first-order valence-corrected chi connectivity index (χ1v) is 39.1. The molecule has 113 heavy (non-hydrogen) atoms. The number of carboxylic acids is 1. The van der Waals surface area contributed by atoms with Crippen molar-refractivity contribution in [3.8, 4) is 23.0 Å². The number of carboxylic acid groups (broad SMARTS) is 1. The monoisotopic (exact) mass is 1660 g/mol. The number of carbonyl (C=O) groups excluding carboxylic acids is 2. The average molecular weight is 1660 g/mol. The van der Waals surface area contributed by atoms with Gasteiger partial charge in [-0.1, -0.05) is 104 Å². The van der Waals surface area contributed by atoms with E-state index in [0.717, 1.165) is 16.7 Å². The minimum atomic E-state index is -1.90. The summed E-state index contributed by atoms with van der Waals surface area (Å²) in [5, 5.41) is 189. The van der Waals surface area contributed by atoms with Crippen LogP contribution in [0.4, 0.5) is 0 Å². The quantitative estimate of drug-likeness (QED) is 0.0164. The first-order chi connectivity index (χ1) is 54.0. The molecule has 8 rings (SSSR count). The molecule has 0 bridgehead atoms. The summed E-state index contributed by atoms with van der Waals surface area (Å²) in [6.07, 6.45) is -23.1. The van der Waals surface area contributed by atoms with Gasteiger partial charge in [0.05, 0.1) is 52.4 Å². The maximum Gasteiger partial charge on any atom is 0.326 e. The van der Waals surface area contributed by atoms with Crippen molar-refractivity contribution in [3.05, 3.63) is 119 Å². The van der Waals surface area contributed by atoms with E-state index in [1.165, 1.54) is 0 Å². The van der Waals surface area contributed by atoms with Crippen LogP contribution in [0.3, 0.4) is 0 Å². The number of unbranched alkanes of at least 4 members (excludes halogenated alkanes) is 3. The lowest BCUT2D eigenvalue weighted by atomic mass is 9.88. The van der Waals surface area contributed by atoms with Crippen molar-refractivity contribution in [2.45, 2.75) is 225 Å². The number of rotatable bonds is 43. The Morgan fingerprint density at radius 3 is 1.11 bits per heavy atom. The predicted octanol–water partition coefficient (Wildman–Crippen LogP) is -2.24. The van der Waals surface area contributed by atoms with E-state index in [2.05, 4.69) is 26.6 Å². The number of nitrogens with one attached hydrogen (secondary N) is 5. The molecule has 4 aromatic rings. The van der Waals surface area contributed by atoms with Crippen molar-refractivity contribution in [3.63, 3.8) is 0 Å². The zero-order valence-electron chi connectivity index (χ0n) is 61.9. The summed E-state index contributed by atoms with van der Waals surface area (Å²) in [6.45, 7) is -1.63. The van der Waals surface area contributed by atoms with Crippen LogP contribution in [-0.4, -0.2) is 305 Å². The summed E-state index contributed by atoms with van der Waals surface area (Å²) < 4.78 is 44.9. The van der Waals surface area contributed by atoms with E-state index in [1.54, 1.807) is 97.1 Å². The predicted molar refractivity (Wildman–Crippen MR) is 418 cm³/mol. The molecule has 4 saturated heterocycles. The van der Waals surface area contributed by atoms with Crippen LogP contribution in [0.5, 0.6) is 23.0 Å². The minimum Gasteiger partial charge on any atom is -0.480 e. The number of carbonyl (C=O) groups is 3. The van der Waals surface area contributed by atoms with Gasteiger partial charge in [0.1, 0.15) is 120 Å². The van der Waals surface area contributed by atoms with Crippen molar-refractivity contribution in [1.29, 1.82) is 0 Å². The molecule has 0 radical (unpaired) electrons. The number of aliphatic hydroxyl groups excluding tert-OH is 15. The molecule has 4 aliphatic rings. The summed E-state index contributed by atoms with van der Waals surface area (Å²) in [6, 6.07) is 24.2. The summed E-state index contributed by atoms with van der Waals surface area (Å²) in [7, 11) is 0. The standard InChI is InChI=1S/C76H105N5O28S4/c82-30-26-76(101)39-102-72(68(96)69(76)97)103-45-18-16-43(17-19-45)34-58(113)80-49(8-2-5-28-78-56(111)32-41-12-22-47(23-13-41)105-74-66(94)63(91)60(88)53(37-84)108-74)51(86)35-44(7-1-4-27-77-55(110)31-40-10-20-46(21-11-40)104-73-65(93)62(90)59(87)52(36-83)107-73)70(98)81-50(71(99)100)9-3-6-29-79-57(112)33-42-14-24-48(25-15-42)106-75-67(95)64(92)61(89)54(38-85)109-75/h10-25,44,49-50,52-54,59-69,72-75,82-85,87-97,101H,1-9,26-39H2,(H,77,110)(H,78,111)(H,79,112)(H,80,113)(H,81,98)(H,99,100). The molecule has 0 aromatic heterocycles. The fourth-order valence-corrected chi connectivity index (χ4v) is 14.2. The van der Waals surface area contributed by atoms with Gasteiger partial charge in [-0.3, -0.25) is 9.59 Å². The highest BCUT2D eigenvalue weighted by atomic mass is 32.1. The summed E-state index contributed by atoms with van der Waals surface area (Å²) in [5.74, 6) is -2.31. The van der Waals surface area contributed by atoms with Crippen molar-refractivity contribution in [1.82, 2.24) is 26.6 Å². The lowest BCUT2D eigenvalue weighted by Gasteiger charge is -2.42. The number of ketones is 1. The highest BCUT2D eigenvalue weighted by Crippen LogP contribution is 2.32. The fourth-order valence-electron chi connectivity index (χ4n) is 13.1. The van der Waals surface area contributed by atoms with Gasteiger partial charge in [-0.15, -0.1) is 0 Å². The topological polar surface area (TPSA) is 529 Å². The maximum atomic E-state index is 14.9. The highest BCUT2D eigenvalue weighted by Gasteiger charge is 2.50. The van der Waals surface area contributed by atoms with Crippen LogP contribution in [-0.2, 0) is 59.0 Å². The Bertz CT molecular complexity index is 3660. The minimum absolute atomic E-state index is 0.0233. The zero-order chi connectivity index (χ0) is 82.1. The Balaban J connectivity index is 0.894. The molecule has 0 saturated carbocycles. The number of ether oxygens (including phenoxy) is 8. The molecule has 4 heterocycles. The van der Waals surface area contributed by atoms with Crippen molar-refractivity contribution in [2.75, 3.05) is 52.7 Å². The lowest BCUT2D eigenvalue weighted by molar-refractivity contribution is -0.279. The third kappa shape index (κ3) is 27.3. The van der Waals surface area contributed by atoms with Gasteiger partial charge in [0.15, 0.2) is 5.78 Å². The summed E-state index contributed by atoms with van der Waals surface area (Å²) in [4.78, 5) is 44.2. The van der Waals surface area contributed by atoms with Crippen molar-refractivity contribution in [2.24, 2.45) is 5.92 Å². The van der Waals surface area contributed by atoms with Crippen molar-refractivity contribution >= 4 is 86.5 Å². The second-order valence-corrected chi connectivity index (χ2v) is 30.4. The first kappa shape index (κ1) is 92.0. The number of Topliss-reactive ketones (excluding diaryl/α,β-unsaturated/α-hetero) is 1. The molecule has 0 aliphatic carbocycles. The van der Waals surface area contributed by atoms with Gasteiger partial charge in [0.2, 0.25) is 31.1 Å². The molecule has 626 valence electrons. The van der Waals surface area contributed by atoms with E-state index in [4.69, 9.17) is 86.8 Å². The van der Waals surface area contributed by atoms with Crippen LogP contribution in [0.1, 0.15) is 92.9 Å². The largest absolute Gasteiger partial charge is 0.480 e. The molecule has 22 N–H and O–H groups in total. The maximum absolute atomic E-state index is 14.9. The number of benzene rings is 4. The van der Waals surface area contributed by atoms with Crippen LogP contribution >= 0.6 is 48.9 Å². The number of amides is 1. The van der Waals surface area contributed by atoms with Gasteiger partial charge in [0, 0.05) is 70.7 Å². The van der Waals surface area contributed by atoms with Gasteiger partial charge >= 0.3 is 5.97 Å². The Kier molecular flexibility index (Phi) is 36.8. The molecule has 4 aromatic carbocycles. The van der Waals surface area contributed by atoms with E-state index in [9.17, 15) is 101 Å². The molecular weight excluding hydrogens is 1560 g/mol. The van der Waals surface area contributed by atoms with E-state index in [0.29, 0.717) is 98.0 Å². The number of hydrogen-bond donors (Lipinski definition) is 22. The van der Waals surface area contributed by atoms with Gasteiger partial charge < -0.3 is 151 Å². The lowest BCUT2D eigenvalue weighted by Crippen LogP contribution is -2.62. The number of thiocarbonyl (C=S) groups is 4. The summed E-state index contributed by atoms with van der Waals surface area (Å²) in [5.41, 5.74) is 1.13. The van der Waals surface area contributed by atoms with Gasteiger partial charge in [-0.2, -0.15) is 0 Å². The Morgan fingerprint density at radius 2 is 0.761 bits per heavy atom. The molecule has 22 atom stereocenters. The van der Waals surface area contributed by atoms with Crippen LogP contribution in [0.2, 0.25) is 0 Å². The van der Waals surface area contributed by atoms with E-state index >= 15 is 0 Å². The molecular formula is C76H105N5O28S4. The summed E-state index contributed by atoms with van der Waals surface area (Å²) >= 11 is 22.9. The van der Waals surface area contributed by atoms with Gasteiger partial charge in [-0.05, 0) is 122 Å². The Hall–Kier alpha value is -6.55. The van der Waals surface area contributed by atoms with E-state index < -0.39 is 179 Å². The molecule has 0 spiro atoms. The smallest absolute Gasteiger partial charge is 0.326 e. The SMILES string of the molecule is O=C(NC(CCCCNC(=S)Cc1ccc(OC2OC(CO)C(O)C(O)C2O)cc1)C(=O)O)C(CCCCNC(=S)Cc1ccc(OC2OC(CO)C(O)C(O)C2O)cc1)CC(=O)C(CCCCNC(=S)Cc1ccc(OC2OC(CO)C(O)C(O)C2O)cc1)NC(=S)Cc1ccc(OC2OCC(O)(CCO)C(O)C2O)cc1. The average Bonchev–Trinajstić information content (AvgIpc) is 0.812. The van der Waals surface area contributed by atoms with Crippen molar-refractivity contribution < 1.29 is 139 Å². The molecule has 4 fully saturated rings. The highest BCUT2D eigenvalue weighted by molar-refractivity contribution is 7.80. The zero-order valence-corrected chi connectivity index (χ0v) is 65.1. The third-order valence-corrected chi connectivity index (χ3v) is 21.0. The number of aliphatic carboxylic acids is 1. The van der Waals surface area contributed by atoms with Gasteiger partial charge in [-0.25, -0.2) is 4.79 Å². The van der Waals surface area contributed by atoms with Crippen LogP contribution in [0, 0.1) is 5.92 Å².